The molecule has 0 heterocycles. The van der Waals surface area contributed by atoms with Crippen LogP contribution in [0.2, 0.25) is 0 Å². The molecule has 0 saturated carbocycles. The van der Waals surface area contributed by atoms with E-state index in [4.69, 9.17) is 14.7 Å². The Labute approximate surface area is 319 Å². The Morgan fingerprint density at radius 1 is 0.673 bits per heavy atom. The molecule has 0 spiro atoms. The Morgan fingerprint density at radius 3 is 1.44 bits per heavy atom. The first kappa shape index (κ1) is 44.6. The monoisotopic (exact) mass is 758 g/mol. The SMILES string of the molecule is COC(=O)/C=[N+](\[O-])Cc1cccc(-c2ccc(C(=O)N(C)C)cc2)c1OC.COC(=O)C=O.COc1c(CNO)cccc1-c1ccc(C(=O)N(C)C)cc1. The molecule has 15 heteroatoms. The largest absolute Gasteiger partial charge is 0.623 e. The molecule has 0 aliphatic carbocycles. The third kappa shape index (κ3) is 13.1. The van der Waals surface area contributed by atoms with Crippen molar-refractivity contribution in [3.05, 3.63) is 112 Å². The lowest BCUT2D eigenvalue weighted by Crippen LogP contribution is -2.21. The molecule has 0 atom stereocenters. The molecule has 2 N–H and O–H groups in total. The van der Waals surface area contributed by atoms with E-state index < -0.39 is 11.9 Å². The molecule has 0 unspecified atom stereocenters. The lowest BCUT2D eigenvalue weighted by molar-refractivity contribution is -0.469. The van der Waals surface area contributed by atoms with Gasteiger partial charge in [-0.25, -0.2) is 19.8 Å². The van der Waals surface area contributed by atoms with Gasteiger partial charge in [0, 0.05) is 62.6 Å². The van der Waals surface area contributed by atoms with Crippen molar-refractivity contribution < 1.29 is 52.9 Å². The fourth-order valence-electron chi connectivity index (χ4n) is 4.99. The van der Waals surface area contributed by atoms with Gasteiger partial charge in [-0.3, -0.25) is 14.4 Å². The first-order valence-corrected chi connectivity index (χ1v) is 16.5. The predicted molar refractivity (Wildman–Crippen MR) is 205 cm³/mol. The average molecular weight is 759 g/mol. The number of amides is 2. The molecule has 4 aromatic carbocycles. The van der Waals surface area contributed by atoms with E-state index >= 15 is 0 Å². The van der Waals surface area contributed by atoms with Crippen LogP contribution in [0, 0.1) is 5.21 Å². The quantitative estimate of drug-likeness (QED) is 0.0399. The van der Waals surface area contributed by atoms with Gasteiger partial charge in [-0.05, 0) is 41.5 Å². The summed E-state index contributed by atoms with van der Waals surface area (Å²) < 4.78 is 19.8. The zero-order valence-corrected chi connectivity index (χ0v) is 32.0. The minimum atomic E-state index is -0.838. The summed E-state index contributed by atoms with van der Waals surface area (Å²) in [6, 6.07) is 25.7. The number of aldehydes is 1. The van der Waals surface area contributed by atoms with Crippen LogP contribution in [0.1, 0.15) is 31.8 Å². The van der Waals surface area contributed by atoms with E-state index in [1.165, 1.54) is 19.1 Å². The number of hydrogen-bond donors (Lipinski definition) is 2. The number of carbonyl (C=O) groups excluding carboxylic acids is 5. The normalized spacial score (nSPS) is 10.3. The van der Waals surface area contributed by atoms with Crippen molar-refractivity contribution in [2.45, 2.75) is 13.1 Å². The molecule has 0 radical (unpaired) electrons. The van der Waals surface area contributed by atoms with Crippen LogP contribution in [-0.4, -0.2) is 113 Å². The van der Waals surface area contributed by atoms with Gasteiger partial charge in [-0.1, -0.05) is 54.6 Å². The minimum Gasteiger partial charge on any atom is -0.623 e. The molecule has 55 heavy (non-hydrogen) atoms. The van der Waals surface area contributed by atoms with Crippen LogP contribution in [0.4, 0.5) is 0 Å². The molecule has 0 aromatic heterocycles. The first-order valence-electron chi connectivity index (χ1n) is 16.5. The zero-order chi connectivity index (χ0) is 41.1. The summed E-state index contributed by atoms with van der Waals surface area (Å²) in [5.74, 6) is -0.435. The van der Waals surface area contributed by atoms with Crippen LogP contribution in [0.3, 0.4) is 0 Å². The fourth-order valence-corrected chi connectivity index (χ4v) is 4.99. The predicted octanol–water partition coefficient (Wildman–Crippen LogP) is 4.22. The lowest BCUT2D eigenvalue weighted by atomic mass is 10.00. The highest BCUT2D eigenvalue weighted by Crippen LogP contribution is 2.34. The van der Waals surface area contributed by atoms with E-state index in [0.29, 0.717) is 39.5 Å². The number of hydroxylamine groups is 2. The van der Waals surface area contributed by atoms with E-state index in [0.717, 1.165) is 41.1 Å². The second kappa shape index (κ2) is 22.5. The molecule has 0 saturated heterocycles. The van der Waals surface area contributed by atoms with E-state index in [1.54, 1.807) is 76.6 Å². The van der Waals surface area contributed by atoms with Crippen molar-refractivity contribution in [2.24, 2.45) is 0 Å². The van der Waals surface area contributed by atoms with Gasteiger partial charge in [0.1, 0.15) is 11.5 Å². The summed E-state index contributed by atoms with van der Waals surface area (Å²) in [4.78, 5) is 57.1. The third-order valence-electron chi connectivity index (χ3n) is 7.64. The molecule has 0 aliphatic rings. The van der Waals surface area contributed by atoms with Crippen LogP contribution >= 0.6 is 0 Å². The number of ether oxygens (including phenoxy) is 4. The molecule has 0 fully saturated rings. The molecule has 0 bridgehead atoms. The summed E-state index contributed by atoms with van der Waals surface area (Å²) in [5.41, 5.74) is 8.34. The van der Waals surface area contributed by atoms with Crippen LogP contribution < -0.4 is 15.0 Å². The Bertz CT molecular complexity index is 1940. The van der Waals surface area contributed by atoms with Crippen LogP contribution in [0.15, 0.2) is 84.9 Å². The number of hydrogen-bond acceptors (Lipinski definition) is 12. The number of benzene rings is 4. The van der Waals surface area contributed by atoms with Gasteiger partial charge in [0.2, 0.25) is 6.29 Å². The maximum Gasteiger partial charge on any atom is 0.396 e. The second-order valence-electron chi connectivity index (χ2n) is 11.8. The Kier molecular flexibility index (Phi) is 18.2. The molecule has 292 valence electrons. The summed E-state index contributed by atoms with van der Waals surface area (Å²) in [5, 5.41) is 20.8. The van der Waals surface area contributed by atoms with E-state index in [-0.39, 0.29) is 24.6 Å². The molecular formula is C40H46N4O11. The van der Waals surface area contributed by atoms with Crippen molar-refractivity contribution in [2.75, 3.05) is 56.6 Å². The van der Waals surface area contributed by atoms with Gasteiger partial charge in [0.15, 0.2) is 6.54 Å². The third-order valence-corrected chi connectivity index (χ3v) is 7.64. The number of rotatable bonds is 12. The highest BCUT2D eigenvalue weighted by Gasteiger charge is 2.16. The first-order chi connectivity index (χ1) is 26.3. The summed E-state index contributed by atoms with van der Waals surface area (Å²) in [6.07, 6.45) is 0.952. The van der Waals surface area contributed by atoms with Gasteiger partial charge in [-0.15, -0.1) is 0 Å². The Morgan fingerprint density at radius 2 is 1.09 bits per heavy atom. The lowest BCUT2D eigenvalue weighted by Gasteiger charge is -2.14. The molecular weight excluding hydrogens is 712 g/mol. The van der Waals surface area contributed by atoms with E-state index in [1.807, 2.05) is 48.5 Å². The maximum atomic E-state index is 12.0. The Balaban J connectivity index is 0.000000336. The molecule has 2 amide bonds. The Hall–Kier alpha value is -6.58. The molecule has 4 rings (SSSR count). The van der Waals surface area contributed by atoms with Gasteiger partial charge in [0.05, 0.1) is 34.0 Å². The summed E-state index contributed by atoms with van der Waals surface area (Å²) in [7, 11) is 12.3. The fraction of sp³-hybridized carbons (Fsp3) is 0.250. The van der Waals surface area contributed by atoms with Crippen LogP contribution in [0.5, 0.6) is 11.5 Å². The standard InChI is InChI=1S/C20H22N2O5.C17H20N2O3.C3H4O3/c1-21(2)20(24)15-10-8-14(9-11-15)17-7-5-6-16(19(17)27-4)12-22(25)13-18(23)26-3;1-19(2)17(20)13-9-7-12(8-10-13)15-6-4-5-14(11-18-21)16(15)22-3;1-6-3(5)2-4/h5-11,13H,12H2,1-4H3;4-10,18,21H,11H2,1-3H3;2H,1H3/b22-13-;;. The number of esters is 2. The second-order valence-corrected chi connectivity index (χ2v) is 11.8. The number of nitrogens with one attached hydrogen (secondary N) is 1. The molecule has 0 aliphatic heterocycles. The number of nitrogens with zero attached hydrogens (tertiary/aromatic N) is 3. The van der Waals surface area contributed by atoms with Crippen LogP contribution in [-0.2, 0) is 36.9 Å². The van der Waals surface area contributed by atoms with Gasteiger partial charge < -0.3 is 39.2 Å². The highest BCUT2D eigenvalue weighted by molar-refractivity contribution is 6.21. The number of carbonyl (C=O) groups is 5. The highest BCUT2D eigenvalue weighted by atomic mass is 16.5. The minimum absolute atomic E-state index is 0.0308. The van der Waals surface area contributed by atoms with E-state index in [2.05, 4.69) is 15.0 Å². The van der Waals surface area contributed by atoms with Gasteiger partial charge in [-0.2, -0.15) is 0 Å². The van der Waals surface area contributed by atoms with E-state index in [9.17, 15) is 29.2 Å². The zero-order valence-electron chi connectivity index (χ0n) is 32.0. The molecule has 4 aromatic rings. The van der Waals surface area contributed by atoms with Gasteiger partial charge in [0.25, 0.3) is 18.0 Å². The van der Waals surface area contributed by atoms with Crippen molar-refractivity contribution >= 4 is 36.3 Å². The maximum absolute atomic E-state index is 12.0. The average Bonchev–Trinajstić information content (AvgIpc) is 3.20. The van der Waals surface area contributed by atoms with Crippen molar-refractivity contribution in [1.82, 2.24) is 15.3 Å². The van der Waals surface area contributed by atoms with Gasteiger partial charge >= 0.3 is 11.9 Å². The molecule has 15 nitrogen and oxygen atoms in total. The van der Waals surface area contributed by atoms with Crippen molar-refractivity contribution in [1.29, 1.82) is 0 Å². The summed E-state index contributed by atoms with van der Waals surface area (Å²) in [6.45, 7) is 0.234. The van der Waals surface area contributed by atoms with Crippen molar-refractivity contribution in [3.63, 3.8) is 0 Å². The number of methoxy groups -OCH3 is 4. The number of para-hydroxylation sites is 2. The van der Waals surface area contributed by atoms with Crippen molar-refractivity contribution in [3.8, 4) is 33.8 Å². The topological polar surface area (TPSA) is 187 Å². The summed E-state index contributed by atoms with van der Waals surface area (Å²) >= 11 is 0. The van der Waals surface area contributed by atoms with Crippen LogP contribution in [0.25, 0.3) is 22.3 Å². The smallest absolute Gasteiger partial charge is 0.396 e.